The molecule has 3 spiro atoms. The van der Waals surface area contributed by atoms with Gasteiger partial charge in [-0.2, -0.15) is 0 Å². The minimum absolute atomic E-state index is 0.566. The maximum atomic E-state index is 2.59. The van der Waals surface area contributed by atoms with Crippen LogP contribution in [0.4, 0.5) is 22.7 Å². The molecule has 0 aromatic heterocycles. The zero-order valence-corrected chi connectivity index (χ0v) is 53.6. The van der Waals surface area contributed by atoms with Crippen LogP contribution >= 0.6 is 0 Å². The number of hydrogen-bond donors (Lipinski definition) is 0. The molecule has 0 N–H and O–H groups in total. The Balaban J connectivity index is 0.868. The highest BCUT2D eigenvalue weighted by Gasteiger charge is 2.55. The van der Waals surface area contributed by atoms with Crippen molar-refractivity contribution in [3.63, 3.8) is 0 Å². The van der Waals surface area contributed by atoms with Gasteiger partial charge in [0.1, 0.15) is 0 Å². The Morgan fingerprint density at radius 3 is 0.979 bits per heavy atom. The number of anilines is 4. The van der Waals surface area contributed by atoms with Gasteiger partial charge in [0.2, 0.25) is 0 Å². The van der Waals surface area contributed by atoms with Gasteiger partial charge in [0.15, 0.2) is 0 Å². The van der Waals surface area contributed by atoms with Gasteiger partial charge in [-0.1, -0.05) is 309 Å². The van der Waals surface area contributed by atoms with Gasteiger partial charge >= 0.3 is 0 Å². The summed E-state index contributed by atoms with van der Waals surface area (Å²) in [6.07, 6.45) is 0. The molecule has 0 saturated heterocycles. The van der Waals surface area contributed by atoms with Crippen molar-refractivity contribution in [1.29, 1.82) is 0 Å². The molecule has 2 heteroatoms. The first kappa shape index (κ1) is 53.3. The number of nitrogens with zero attached hydrogens (tertiary/aromatic N) is 2. The van der Waals surface area contributed by atoms with E-state index in [1.807, 2.05) is 0 Å². The third-order valence-corrected chi connectivity index (χ3v) is 23.7. The molecule has 6 aliphatic rings. The van der Waals surface area contributed by atoms with Crippen molar-refractivity contribution in [2.45, 2.75) is 16.2 Å². The van der Waals surface area contributed by atoms with Crippen LogP contribution in [0.1, 0.15) is 66.8 Å². The van der Waals surface area contributed by atoms with E-state index >= 15 is 0 Å². The summed E-state index contributed by atoms with van der Waals surface area (Å²) in [5, 5.41) is 7.40. The number of fused-ring (bicyclic) bond motifs is 32. The Bertz CT molecular complexity index is 5870. The molecular weight excluding hydrogens is 1170 g/mol. The fourth-order valence-corrected chi connectivity index (χ4v) is 20.3. The van der Waals surface area contributed by atoms with Gasteiger partial charge in [0.05, 0.1) is 27.6 Å². The fourth-order valence-electron chi connectivity index (χ4n) is 20.3. The highest BCUT2D eigenvalue weighted by Crippen LogP contribution is 2.69. The molecule has 97 heavy (non-hydrogen) atoms. The average Bonchev–Trinajstić information content (AvgIpc) is 1.56. The van der Waals surface area contributed by atoms with Gasteiger partial charge in [0, 0.05) is 36.6 Å². The average molecular weight is 1230 g/mol. The summed E-state index contributed by atoms with van der Waals surface area (Å²) in [6, 6.07) is 126. The van der Waals surface area contributed by atoms with Crippen LogP contribution in [0.2, 0.25) is 0 Å². The van der Waals surface area contributed by atoms with Crippen LogP contribution in [0.3, 0.4) is 0 Å². The predicted molar refractivity (Wildman–Crippen MR) is 402 cm³/mol. The van der Waals surface area contributed by atoms with Crippen molar-refractivity contribution in [3.05, 3.63) is 394 Å². The Morgan fingerprint density at radius 2 is 0.495 bits per heavy atom. The zero-order valence-electron chi connectivity index (χ0n) is 53.6. The first-order valence-electron chi connectivity index (χ1n) is 34.2. The molecule has 4 aliphatic carbocycles. The maximum Gasteiger partial charge on any atom is 0.0754 e. The molecule has 2 aliphatic heterocycles. The highest BCUT2D eigenvalue weighted by atomic mass is 15.1. The molecule has 1 unspecified atom stereocenters. The molecule has 450 valence electrons. The van der Waals surface area contributed by atoms with E-state index in [1.54, 1.807) is 0 Å². The lowest BCUT2D eigenvalue weighted by molar-refractivity contribution is 0.749. The predicted octanol–water partition coefficient (Wildman–Crippen LogP) is 23.4. The van der Waals surface area contributed by atoms with Crippen molar-refractivity contribution in [3.8, 4) is 77.9 Å². The van der Waals surface area contributed by atoms with Crippen LogP contribution in [0.15, 0.2) is 328 Å². The van der Waals surface area contributed by atoms with Crippen LogP contribution in [0, 0.1) is 0 Å². The van der Waals surface area contributed by atoms with Gasteiger partial charge in [-0.25, -0.2) is 0 Å². The molecule has 16 aromatic rings. The third-order valence-electron chi connectivity index (χ3n) is 23.7. The molecule has 22 rings (SSSR count). The standard InChI is InChI=1S/C95H60N2/c1-96-86-52-19-17-47-80(86)93(74-41-11-5-28-61(74)62-29-6-12-42-75(62)93)84-50-23-38-67(91(84)96)59-34-21-36-65-72(59)56-73-60(68-39-24-51-85-92(68)97(2)87-53-20-18-48-81(87)94(85)76-43-13-7-30-63(76)64-31-8-14-44-77(64)94)35-22-37-66(73)88(65)71-40-25-49-82-90(71)70-33-10-16-46-79(70)95(82)78-45-15-9-32-69(78)89-58-27-4-3-26-57(58)54-55-83(89)95/h3-56H,1-2H3. The van der Waals surface area contributed by atoms with Crippen molar-refractivity contribution in [2.24, 2.45) is 0 Å². The minimum Gasteiger partial charge on any atom is -0.344 e. The summed E-state index contributed by atoms with van der Waals surface area (Å²) >= 11 is 0. The van der Waals surface area contributed by atoms with Crippen LogP contribution in [-0.4, -0.2) is 14.1 Å². The van der Waals surface area contributed by atoms with Crippen molar-refractivity contribution in [2.75, 3.05) is 23.9 Å². The van der Waals surface area contributed by atoms with Gasteiger partial charge in [-0.05, 0) is 184 Å². The molecule has 2 heterocycles. The molecule has 1 atom stereocenters. The Morgan fingerprint density at radius 1 is 0.186 bits per heavy atom. The molecule has 0 saturated carbocycles. The Labute approximate surface area is 563 Å². The lowest BCUT2D eigenvalue weighted by Crippen LogP contribution is -2.36. The van der Waals surface area contributed by atoms with Gasteiger partial charge in [-0.15, -0.1) is 0 Å². The van der Waals surface area contributed by atoms with E-state index in [-0.39, 0.29) is 0 Å². The number of benzene rings is 16. The molecule has 2 nitrogen and oxygen atoms in total. The first-order valence-corrected chi connectivity index (χ1v) is 34.2. The van der Waals surface area contributed by atoms with Crippen LogP contribution in [-0.2, 0) is 16.2 Å². The fraction of sp³-hybridized carbons (Fsp3) is 0.0526. The minimum atomic E-state index is -0.566. The van der Waals surface area contributed by atoms with Crippen molar-refractivity contribution in [1.82, 2.24) is 0 Å². The summed E-state index contributed by atoms with van der Waals surface area (Å²) in [6.45, 7) is 0. The third kappa shape index (κ3) is 6.34. The monoisotopic (exact) mass is 1230 g/mol. The van der Waals surface area contributed by atoms with Crippen LogP contribution in [0.5, 0.6) is 0 Å². The van der Waals surface area contributed by atoms with Crippen molar-refractivity contribution >= 4 is 55.1 Å². The number of rotatable bonds is 3. The SMILES string of the molecule is CN1c2ccccc2C2(c3ccccc3-c3ccccc32)c2cccc(-c3cccc4c(-c5cccc6c5-c5ccccc5C65c6ccccc6-c6c5ccc5ccccc65)c5cccc(-c6cccc7c6N(C)c6ccccc6C76c7ccccc7-c7ccccc76)c5cc34)c21. The molecule has 0 bridgehead atoms. The van der Waals surface area contributed by atoms with E-state index in [1.165, 1.54) is 200 Å². The smallest absolute Gasteiger partial charge is 0.0754 e. The van der Waals surface area contributed by atoms with Gasteiger partial charge < -0.3 is 9.80 Å². The highest BCUT2D eigenvalue weighted by molar-refractivity contribution is 6.22. The second kappa shape index (κ2) is 19.1. The number of hydrogen-bond acceptors (Lipinski definition) is 2. The van der Waals surface area contributed by atoms with E-state index < -0.39 is 16.2 Å². The lowest BCUT2D eigenvalue weighted by Gasteiger charge is -2.44. The maximum absolute atomic E-state index is 2.59. The molecule has 0 fully saturated rings. The van der Waals surface area contributed by atoms with E-state index in [0.29, 0.717) is 0 Å². The Hall–Kier alpha value is -12.1. The summed E-state index contributed by atoms with van der Waals surface area (Å²) in [5.41, 5.74) is 36.7. The molecular formula is C95H60N2. The van der Waals surface area contributed by atoms with Gasteiger partial charge in [-0.3, -0.25) is 0 Å². The number of para-hydroxylation sites is 4. The zero-order chi connectivity index (χ0) is 63.6. The lowest BCUT2D eigenvalue weighted by atomic mass is 9.64. The summed E-state index contributed by atoms with van der Waals surface area (Å²) in [5.74, 6) is 0. The molecule has 0 amide bonds. The van der Waals surface area contributed by atoms with E-state index in [9.17, 15) is 0 Å². The first-order chi connectivity index (χ1) is 48.0. The van der Waals surface area contributed by atoms with Gasteiger partial charge in [0.25, 0.3) is 0 Å². The topological polar surface area (TPSA) is 6.48 Å². The van der Waals surface area contributed by atoms with Crippen LogP contribution < -0.4 is 9.80 Å². The van der Waals surface area contributed by atoms with E-state index in [0.717, 1.165) is 0 Å². The van der Waals surface area contributed by atoms with E-state index in [2.05, 4.69) is 351 Å². The second-order valence-electron chi connectivity index (χ2n) is 27.6. The molecule has 16 aromatic carbocycles. The normalized spacial score (nSPS) is 15.9. The van der Waals surface area contributed by atoms with Crippen LogP contribution in [0.25, 0.3) is 110 Å². The summed E-state index contributed by atoms with van der Waals surface area (Å²) in [4.78, 5) is 5.00. The van der Waals surface area contributed by atoms with Crippen molar-refractivity contribution < 1.29 is 0 Å². The quantitative estimate of drug-likeness (QED) is 0.163. The Kier molecular flexibility index (Phi) is 10.5. The largest absolute Gasteiger partial charge is 0.344 e. The summed E-state index contributed by atoms with van der Waals surface area (Å²) in [7, 11) is 4.60. The second-order valence-corrected chi connectivity index (χ2v) is 27.6. The summed E-state index contributed by atoms with van der Waals surface area (Å²) < 4.78 is 0. The molecule has 0 radical (unpaired) electrons. The van der Waals surface area contributed by atoms with E-state index in [4.69, 9.17) is 0 Å².